The Kier molecular flexibility index (Phi) is 6.05. The van der Waals surface area contributed by atoms with Gasteiger partial charge in [0.15, 0.2) is 12.4 Å². The molecule has 0 saturated heterocycles. The highest BCUT2D eigenvalue weighted by atomic mass is 16.5. The monoisotopic (exact) mass is 415 g/mol. The second-order valence-electron chi connectivity index (χ2n) is 6.10. The molecule has 0 aliphatic carbocycles. The molecule has 10 nitrogen and oxygen atoms in total. The second-order valence-corrected chi connectivity index (χ2v) is 6.10. The SMILES string of the molecule is CCOC(=O)c1c(C)oc2nc(COC(=O)c3ccc(OC)cc3OC)nc(N)c12. The van der Waals surface area contributed by atoms with Crippen molar-refractivity contribution in [1.82, 2.24) is 9.97 Å². The van der Waals surface area contributed by atoms with Crippen molar-refractivity contribution in [3.8, 4) is 11.5 Å². The predicted octanol–water partition coefficient (Wildman–Crippen LogP) is 2.66. The number of hydrogen-bond acceptors (Lipinski definition) is 10. The van der Waals surface area contributed by atoms with E-state index in [9.17, 15) is 9.59 Å². The molecule has 0 amide bonds. The Balaban J connectivity index is 1.83. The lowest BCUT2D eigenvalue weighted by molar-refractivity contribution is 0.0457. The van der Waals surface area contributed by atoms with Crippen LogP contribution in [-0.4, -0.2) is 42.7 Å². The van der Waals surface area contributed by atoms with Crippen LogP contribution in [0.3, 0.4) is 0 Å². The maximum atomic E-state index is 12.5. The van der Waals surface area contributed by atoms with Gasteiger partial charge in [-0.3, -0.25) is 0 Å². The van der Waals surface area contributed by atoms with Crippen molar-refractivity contribution in [1.29, 1.82) is 0 Å². The van der Waals surface area contributed by atoms with Gasteiger partial charge in [0.25, 0.3) is 0 Å². The fourth-order valence-corrected chi connectivity index (χ4v) is 2.87. The average Bonchev–Trinajstić information content (AvgIpc) is 3.08. The molecule has 0 aliphatic rings. The van der Waals surface area contributed by atoms with E-state index in [1.807, 2.05) is 0 Å². The third-order valence-corrected chi connectivity index (χ3v) is 4.24. The number of rotatable bonds is 7. The number of anilines is 1. The lowest BCUT2D eigenvalue weighted by Crippen LogP contribution is -2.10. The van der Waals surface area contributed by atoms with Crippen LogP contribution in [0, 0.1) is 6.92 Å². The molecule has 0 atom stereocenters. The number of aryl methyl sites for hydroxylation is 1. The van der Waals surface area contributed by atoms with Crippen molar-refractivity contribution in [3.63, 3.8) is 0 Å². The number of fused-ring (bicyclic) bond motifs is 1. The van der Waals surface area contributed by atoms with E-state index in [0.717, 1.165) is 0 Å². The van der Waals surface area contributed by atoms with Crippen molar-refractivity contribution < 1.29 is 33.0 Å². The van der Waals surface area contributed by atoms with Crippen LogP contribution in [0.15, 0.2) is 22.6 Å². The van der Waals surface area contributed by atoms with Gasteiger partial charge in [-0.25, -0.2) is 14.6 Å². The summed E-state index contributed by atoms with van der Waals surface area (Å²) in [5.41, 5.74) is 6.50. The molecule has 0 spiro atoms. The molecular weight excluding hydrogens is 394 g/mol. The van der Waals surface area contributed by atoms with Crippen LogP contribution < -0.4 is 15.2 Å². The molecule has 3 rings (SSSR count). The molecule has 0 unspecified atom stereocenters. The number of aromatic nitrogens is 2. The van der Waals surface area contributed by atoms with Crippen LogP contribution in [0.5, 0.6) is 11.5 Å². The second kappa shape index (κ2) is 8.68. The van der Waals surface area contributed by atoms with Crippen molar-refractivity contribution in [2.75, 3.05) is 26.6 Å². The first-order valence-corrected chi connectivity index (χ1v) is 9.01. The van der Waals surface area contributed by atoms with Gasteiger partial charge in [0.1, 0.15) is 34.2 Å². The number of methoxy groups -OCH3 is 2. The average molecular weight is 415 g/mol. The van der Waals surface area contributed by atoms with Crippen molar-refractivity contribution in [3.05, 3.63) is 40.9 Å². The largest absolute Gasteiger partial charge is 0.497 e. The molecule has 10 heteroatoms. The predicted molar refractivity (Wildman–Crippen MR) is 106 cm³/mol. The van der Waals surface area contributed by atoms with Gasteiger partial charge < -0.3 is 29.1 Å². The lowest BCUT2D eigenvalue weighted by atomic mass is 10.2. The van der Waals surface area contributed by atoms with Gasteiger partial charge in [-0.2, -0.15) is 4.98 Å². The summed E-state index contributed by atoms with van der Waals surface area (Å²) >= 11 is 0. The molecule has 0 saturated carbocycles. The Bertz CT molecular complexity index is 1110. The zero-order valence-corrected chi connectivity index (χ0v) is 17.0. The minimum atomic E-state index is -0.639. The summed E-state index contributed by atoms with van der Waals surface area (Å²) in [5.74, 6) is 0.0699. The smallest absolute Gasteiger partial charge is 0.342 e. The number of carbonyl (C=O) groups is 2. The third-order valence-electron chi connectivity index (χ3n) is 4.24. The number of carbonyl (C=O) groups excluding carboxylic acids is 2. The first-order valence-electron chi connectivity index (χ1n) is 9.01. The van der Waals surface area contributed by atoms with Gasteiger partial charge in [0, 0.05) is 6.07 Å². The minimum Gasteiger partial charge on any atom is -0.497 e. The summed E-state index contributed by atoms with van der Waals surface area (Å²) in [7, 11) is 2.94. The number of furan rings is 1. The zero-order valence-electron chi connectivity index (χ0n) is 17.0. The van der Waals surface area contributed by atoms with Crippen LogP contribution in [0.25, 0.3) is 11.1 Å². The molecular formula is C20H21N3O7. The fraction of sp³-hybridized carbons (Fsp3) is 0.300. The molecule has 0 aliphatic heterocycles. The summed E-state index contributed by atoms with van der Waals surface area (Å²) in [5, 5.41) is 0.262. The molecule has 3 aromatic rings. The Morgan fingerprint density at radius 2 is 1.87 bits per heavy atom. The quantitative estimate of drug-likeness (QED) is 0.573. The molecule has 1 aromatic carbocycles. The normalized spacial score (nSPS) is 10.7. The maximum absolute atomic E-state index is 12.5. The van der Waals surface area contributed by atoms with Gasteiger partial charge in [-0.15, -0.1) is 0 Å². The number of nitrogen functional groups attached to an aromatic ring is 1. The van der Waals surface area contributed by atoms with Gasteiger partial charge >= 0.3 is 11.9 Å². The van der Waals surface area contributed by atoms with E-state index < -0.39 is 11.9 Å². The highest BCUT2D eigenvalue weighted by Gasteiger charge is 2.24. The van der Waals surface area contributed by atoms with Crippen molar-refractivity contribution >= 4 is 28.9 Å². The number of hydrogen-bond donors (Lipinski definition) is 1. The van der Waals surface area contributed by atoms with Crippen LogP contribution in [0.4, 0.5) is 5.82 Å². The fourth-order valence-electron chi connectivity index (χ4n) is 2.87. The van der Waals surface area contributed by atoms with E-state index in [0.29, 0.717) is 17.3 Å². The van der Waals surface area contributed by atoms with Crippen molar-refractivity contribution in [2.45, 2.75) is 20.5 Å². The van der Waals surface area contributed by atoms with Gasteiger partial charge in [-0.05, 0) is 26.0 Å². The number of benzene rings is 1. The summed E-state index contributed by atoms with van der Waals surface area (Å²) < 4.78 is 26.2. The molecule has 2 aromatic heterocycles. The summed E-state index contributed by atoms with van der Waals surface area (Å²) in [6.07, 6.45) is 0. The molecule has 0 bridgehead atoms. The molecule has 2 N–H and O–H groups in total. The first kappa shape index (κ1) is 20.9. The first-order chi connectivity index (χ1) is 14.4. The van der Waals surface area contributed by atoms with Gasteiger partial charge in [0.2, 0.25) is 5.71 Å². The maximum Gasteiger partial charge on any atom is 0.342 e. The molecule has 0 radical (unpaired) electrons. The Morgan fingerprint density at radius 3 is 2.53 bits per heavy atom. The molecule has 158 valence electrons. The van der Waals surface area contributed by atoms with Crippen LogP contribution in [-0.2, 0) is 16.1 Å². The summed E-state index contributed by atoms with van der Waals surface area (Å²) in [6, 6.07) is 4.71. The standard InChI is InChI=1S/C20H21N3O7/c1-5-28-20(25)15-10(2)30-18-16(15)17(21)22-14(23-18)9-29-19(24)12-7-6-11(26-3)8-13(12)27-4/h6-8H,5,9H2,1-4H3,(H2,21,22,23). The summed E-state index contributed by atoms with van der Waals surface area (Å²) in [4.78, 5) is 32.9. The van der Waals surface area contributed by atoms with E-state index in [-0.39, 0.29) is 47.1 Å². The minimum absolute atomic E-state index is 0.0213. The Labute approximate surface area is 171 Å². The van der Waals surface area contributed by atoms with Crippen LogP contribution >= 0.6 is 0 Å². The molecule has 2 heterocycles. The zero-order chi connectivity index (χ0) is 21.8. The number of esters is 2. The molecule has 30 heavy (non-hydrogen) atoms. The van der Waals surface area contributed by atoms with E-state index in [4.69, 9.17) is 29.1 Å². The highest BCUT2D eigenvalue weighted by molar-refractivity contribution is 6.07. The molecule has 0 fully saturated rings. The third kappa shape index (κ3) is 3.97. The Morgan fingerprint density at radius 1 is 1.10 bits per heavy atom. The van der Waals surface area contributed by atoms with Crippen LogP contribution in [0.2, 0.25) is 0 Å². The highest BCUT2D eigenvalue weighted by Crippen LogP contribution is 2.29. The summed E-state index contributed by atoms with van der Waals surface area (Å²) in [6.45, 7) is 3.24. The van der Waals surface area contributed by atoms with Gasteiger partial charge in [0.05, 0.1) is 26.2 Å². The topological polar surface area (TPSA) is 136 Å². The van der Waals surface area contributed by atoms with E-state index in [1.165, 1.54) is 20.3 Å². The number of nitrogens with two attached hydrogens (primary N) is 1. The Hall–Kier alpha value is -3.82. The lowest BCUT2D eigenvalue weighted by Gasteiger charge is -2.10. The number of ether oxygens (including phenoxy) is 4. The van der Waals surface area contributed by atoms with E-state index >= 15 is 0 Å². The van der Waals surface area contributed by atoms with E-state index in [1.54, 1.807) is 26.0 Å². The van der Waals surface area contributed by atoms with Crippen molar-refractivity contribution in [2.24, 2.45) is 0 Å². The van der Waals surface area contributed by atoms with E-state index in [2.05, 4.69) is 9.97 Å². The number of nitrogens with zero attached hydrogens (tertiary/aromatic N) is 2. The van der Waals surface area contributed by atoms with Crippen LogP contribution in [0.1, 0.15) is 39.2 Å². The van der Waals surface area contributed by atoms with Gasteiger partial charge in [-0.1, -0.05) is 0 Å².